The fourth-order valence-corrected chi connectivity index (χ4v) is 1.73. The summed E-state index contributed by atoms with van der Waals surface area (Å²) in [6.07, 6.45) is 0.772. The van der Waals surface area contributed by atoms with E-state index < -0.39 is 5.60 Å². The van der Waals surface area contributed by atoms with Crippen molar-refractivity contribution in [3.8, 4) is 11.5 Å². The zero-order valence-electron chi connectivity index (χ0n) is 11.5. The van der Waals surface area contributed by atoms with E-state index in [1.165, 1.54) is 0 Å². The number of nitrogens with zero attached hydrogens (tertiary/aromatic N) is 2. The summed E-state index contributed by atoms with van der Waals surface area (Å²) >= 11 is 0. The quantitative estimate of drug-likeness (QED) is 0.895. The molecule has 0 saturated carbocycles. The number of ether oxygens (including phenoxy) is 1. The Labute approximate surface area is 112 Å². The van der Waals surface area contributed by atoms with Gasteiger partial charge in [0.05, 0.1) is 0 Å². The normalized spacial score (nSPS) is 14.3. The second-order valence-corrected chi connectivity index (χ2v) is 4.61. The number of aromatic nitrogens is 2. The van der Waals surface area contributed by atoms with Crippen molar-refractivity contribution in [3.63, 3.8) is 0 Å². The maximum atomic E-state index is 5.57. The smallest absolute Gasteiger partial charge is 0.258 e. The fourth-order valence-electron chi connectivity index (χ4n) is 1.73. The molecule has 1 atom stereocenters. The van der Waals surface area contributed by atoms with Crippen LogP contribution >= 0.6 is 0 Å². The minimum atomic E-state index is -0.515. The Morgan fingerprint density at radius 2 is 2.00 bits per heavy atom. The van der Waals surface area contributed by atoms with Crippen LogP contribution < -0.4 is 5.73 Å². The third-order valence-corrected chi connectivity index (χ3v) is 3.46. The lowest BCUT2D eigenvalue weighted by atomic mass is 10.0. The van der Waals surface area contributed by atoms with E-state index in [1.54, 1.807) is 7.11 Å². The van der Waals surface area contributed by atoms with Crippen molar-refractivity contribution in [2.75, 3.05) is 7.11 Å². The Balaban J connectivity index is 2.29. The van der Waals surface area contributed by atoms with Crippen molar-refractivity contribution in [1.29, 1.82) is 0 Å². The maximum Gasteiger partial charge on any atom is 0.258 e. The van der Waals surface area contributed by atoms with E-state index in [0.717, 1.165) is 17.5 Å². The Morgan fingerprint density at radius 1 is 1.32 bits per heavy atom. The molecular formula is C14H19N3O2. The Morgan fingerprint density at radius 3 is 2.53 bits per heavy atom. The molecule has 5 nitrogen and oxygen atoms in total. The Kier molecular flexibility index (Phi) is 3.97. The first kappa shape index (κ1) is 13.7. The van der Waals surface area contributed by atoms with Crippen LogP contribution in [0.3, 0.4) is 0 Å². The molecule has 5 heteroatoms. The zero-order valence-corrected chi connectivity index (χ0v) is 11.5. The lowest BCUT2D eigenvalue weighted by molar-refractivity contribution is -0.0106. The molecule has 1 aromatic heterocycles. The summed E-state index contributed by atoms with van der Waals surface area (Å²) in [6.45, 7) is 4.49. The van der Waals surface area contributed by atoms with Gasteiger partial charge >= 0.3 is 0 Å². The van der Waals surface area contributed by atoms with Crippen LogP contribution in [0.1, 0.15) is 31.7 Å². The van der Waals surface area contributed by atoms with Crippen LogP contribution in [0.2, 0.25) is 0 Å². The average Bonchev–Trinajstić information content (AvgIpc) is 2.97. The highest BCUT2D eigenvalue weighted by Gasteiger charge is 2.30. The van der Waals surface area contributed by atoms with E-state index in [9.17, 15) is 0 Å². The molecule has 0 aliphatic rings. The molecule has 2 aromatic rings. The summed E-state index contributed by atoms with van der Waals surface area (Å²) in [6, 6.07) is 7.76. The minimum Gasteiger partial charge on any atom is -0.370 e. The highest BCUT2D eigenvalue weighted by Crippen LogP contribution is 2.27. The molecular weight excluding hydrogens is 242 g/mol. The topological polar surface area (TPSA) is 74.2 Å². The minimum absolute atomic E-state index is 0.496. The predicted molar refractivity (Wildman–Crippen MR) is 72.3 cm³/mol. The molecule has 2 rings (SSSR count). The second-order valence-electron chi connectivity index (χ2n) is 4.61. The summed E-state index contributed by atoms with van der Waals surface area (Å²) in [7, 11) is 1.65. The lowest BCUT2D eigenvalue weighted by Crippen LogP contribution is -2.24. The monoisotopic (exact) mass is 261 g/mol. The van der Waals surface area contributed by atoms with Gasteiger partial charge in [0.2, 0.25) is 5.82 Å². The first-order chi connectivity index (χ1) is 9.12. The molecule has 0 amide bonds. The first-order valence-electron chi connectivity index (χ1n) is 6.31. The van der Waals surface area contributed by atoms with Crippen LogP contribution in [-0.2, 0) is 16.9 Å². The summed E-state index contributed by atoms with van der Waals surface area (Å²) in [5.41, 5.74) is 7.00. The number of benzene rings is 1. The van der Waals surface area contributed by atoms with E-state index in [4.69, 9.17) is 15.0 Å². The molecule has 1 unspecified atom stereocenters. The molecule has 102 valence electrons. The molecule has 2 N–H and O–H groups in total. The largest absolute Gasteiger partial charge is 0.370 e. The van der Waals surface area contributed by atoms with Crippen molar-refractivity contribution >= 4 is 0 Å². The zero-order chi connectivity index (χ0) is 13.9. The van der Waals surface area contributed by atoms with Gasteiger partial charge in [-0.15, -0.1) is 0 Å². The van der Waals surface area contributed by atoms with E-state index >= 15 is 0 Å². The predicted octanol–water partition coefficient (Wildman–Crippen LogP) is 2.47. The second kappa shape index (κ2) is 5.50. The van der Waals surface area contributed by atoms with E-state index in [2.05, 4.69) is 10.1 Å². The van der Waals surface area contributed by atoms with Crippen molar-refractivity contribution in [1.82, 2.24) is 10.1 Å². The highest BCUT2D eigenvalue weighted by molar-refractivity contribution is 5.53. The molecule has 0 spiro atoms. The summed E-state index contributed by atoms with van der Waals surface area (Å²) in [5, 5.41) is 4.01. The maximum absolute atomic E-state index is 5.57. The SMILES string of the molecule is CCC(C)(OC)c1noc(-c2ccc(CN)cc2)n1. The number of methoxy groups -OCH3 is 1. The highest BCUT2D eigenvalue weighted by atomic mass is 16.5. The van der Waals surface area contributed by atoms with Crippen LogP contribution in [-0.4, -0.2) is 17.3 Å². The van der Waals surface area contributed by atoms with Crippen molar-refractivity contribution in [2.24, 2.45) is 5.73 Å². The molecule has 1 heterocycles. The third kappa shape index (κ3) is 2.67. The van der Waals surface area contributed by atoms with Gasteiger partial charge in [-0.25, -0.2) is 0 Å². The van der Waals surface area contributed by atoms with Crippen molar-refractivity contribution in [2.45, 2.75) is 32.4 Å². The first-order valence-corrected chi connectivity index (χ1v) is 6.31. The average molecular weight is 261 g/mol. The number of hydrogen-bond acceptors (Lipinski definition) is 5. The van der Waals surface area contributed by atoms with Gasteiger partial charge < -0.3 is 15.0 Å². The summed E-state index contributed by atoms with van der Waals surface area (Å²) in [5.74, 6) is 1.06. The van der Waals surface area contributed by atoms with Gasteiger partial charge in [0.25, 0.3) is 5.89 Å². The van der Waals surface area contributed by atoms with Gasteiger partial charge in [-0.1, -0.05) is 24.2 Å². The van der Waals surface area contributed by atoms with E-state index in [1.807, 2.05) is 38.1 Å². The van der Waals surface area contributed by atoms with E-state index in [-0.39, 0.29) is 0 Å². The van der Waals surface area contributed by atoms with Gasteiger partial charge in [0.1, 0.15) is 5.60 Å². The molecule has 19 heavy (non-hydrogen) atoms. The van der Waals surface area contributed by atoms with Crippen LogP contribution in [0.15, 0.2) is 28.8 Å². The van der Waals surface area contributed by atoms with Crippen LogP contribution in [0.4, 0.5) is 0 Å². The number of hydrogen-bond donors (Lipinski definition) is 1. The van der Waals surface area contributed by atoms with Gasteiger partial charge in [-0.05, 0) is 31.0 Å². The van der Waals surface area contributed by atoms with Gasteiger partial charge in [0.15, 0.2) is 0 Å². The van der Waals surface area contributed by atoms with Gasteiger partial charge in [0, 0.05) is 19.2 Å². The summed E-state index contributed by atoms with van der Waals surface area (Å²) in [4.78, 5) is 4.42. The lowest BCUT2D eigenvalue weighted by Gasteiger charge is -2.21. The van der Waals surface area contributed by atoms with Gasteiger partial charge in [-0.3, -0.25) is 0 Å². The molecule has 0 aliphatic carbocycles. The molecule has 0 bridgehead atoms. The van der Waals surface area contributed by atoms with Crippen LogP contribution in [0.25, 0.3) is 11.5 Å². The molecule has 0 aliphatic heterocycles. The standard InChI is InChI=1S/C14H19N3O2/c1-4-14(2,18-3)13-16-12(19-17-13)11-7-5-10(9-15)6-8-11/h5-8H,4,9,15H2,1-3H3. The van der Waals surface area contributed by atoms with Crippen LogP contribution in [0.5, 0.6) is 0 Å². The molecule has 0 fully saturated rings. The van der Waals surface area contributed by atoms with E-state index in [0.29, 0.717) is 18.3 Å². The summed E-state index contributed by atoms with van der Waals surface area (Å²) < 4.78 is 10.8. The fraction of sp³-hybridized carbons (Fsp3) is 0.429. The molecule has 0 radical (unpaired) electrons. The Hall–Kier alpha value is -1.72. The Bertz CT molecular complexity index is 530. The van der Waals surface area contributed by atoms with Crippen molar-refractivity contribution < 1.29 is 9.26 Å². The van der Waals surface area contributed by atoms with Crippen molar-refractivity contribution in [3.05, 3.63) is 35.7 Å². The number of nitrogens with two attached hydrogens (primary N) is 1. The molecule has 0 saturated heterocycles. The number of rotatable bonds is 5. The molecule has 1 aromatic carbocycles. The third-order valence-electron chi connectivity index (χ3n) is 3.46. The van der Waals surface area contributed by atoms with Crippen LogP contribution in [0, 0.1) is 0 Å². The van der Waals surface area contributed by atoms with Gasteiger partial charge in [-0.2, -0.15) is 4.98 Å².